The quantitative estimate of drug-likeness (QED) is 0.742. The van der Waals surface area contributed by atoms with Gasteiger partial charge >= 0.3 is 0 Å². The van der Waals surface area contributed by atoms with Crippen molar-refractivity contribution in [2.75, 3.05) is 6.61 Å². The van der Waals surface area contributed by atoms with Crippen LogP contribution in [0, 0.1) is 6.92 Å². The third kappa shape index (κ3) is 1.80. The van der Waals surface area contributed by atoms with Crippen LogP contribution in [0.1, 0.15) is 17.7 Å². The average Bonchev–Trinajstić information content (AvgIpc) is 2.39. The van der Waals surface area contributed by atoms with Crippen LogP contribution in [0.15, 0.2) is 36.5 Å². The summed E-state index contributed by atoms with van der Waals surface area (Å²) in [6.07, 6.45) is 4.06. The number of hydrogen-bond donors (Lipinski definition) is 0. The Morgan fingerprint density at radius 1 is 1.12 bits per heavy atom. The van der Waals surface area contributed by atoms with E-state index in [1.807, 2.05) is 19.2 Å². The number of nitrogens with zero attached hydrogens (tertiary/aromatic N) is 1. The molecule has 0 saturated carbocycles. The molecule has 2 heteroatoms. The van der Waals surface area contributed by atoms with Crippen molar-refractivity contribution < 1.29 is 4.74 Å². The van der Waals surface area contributed by atoms with E-state index in [1.54, 1.807) is 0 Å². The Balaban J connectivity index is 2.18. The Bertz CT molecular complexity index is 548. The maximum atomic E-state index is 5.84. The van der Waals surface area contributed by atoms with Crippen LogP contribution in [0.25, 0.3) is 11.1 Å². The van der Waals surface area contributed by atoms with Crippen LogP contribution < -0.4 is 4.74 Å². The first kappa shape index (κ1) is 10.3. The van der Waals surface area contributed by atoms with E-state index in [1.165, 1.54) is 16.7 Å². The Kier molecular flexibility index (Phi) is 2.56. The summed E-state index contributed by atoms with van der Waals surface area (Å²) in [5.74, 6) is 1.05. The van der Waals surface area contributed by atoms with Crippen molar-refractivity contribution in [3.63, 3.8) is 0 Å². The van der Waals surface area contributed by atoms with Crippen molar-refractivity contribution in [1.29, 1.82) is 0 Å². The minimum atomic E-state index is 0.823. The SMILES string of the molecule is Cc1ncccc1-c1cccc2c1OCCC2. The first-order chi connectivity index (χ1) is 8.36. The highest BCUT2D eigenvalue weighted by molar-refractivity contribution is 5.74. The standard InChI is InChI=1S/C15H15NO/c1-11-13(8-3-9-16-11)14-7-2-5-12-6-4-10-17-15(12)14/h2-3,5,7-9H,4,6,10H2,1H3. The predicted molar refractivity (Wildman–Crippen MR) is 68.2 cm³/mol. The second kappa shape index (κ2) is 4.21. The molecule has 1 aromatic carbocycles. The molecule has 0 spiro atoms. The lowest BCUT2D eigenvalue weighted by molar-refractivity contribution is 0.289. The van der Waals surface area contributed by atoms with Gasteiger partial charge in [0.2, 0.25) is 0 Å². The van der Waals surface area contributed by atoms with Crippen LogP contribution >= 0.6 is 0 Å². The first-order valence-electron chi connectivity index (χ1n) is 6.03. The average molecular weight is 225 g/mol. The second-order valence-electron chi connectivity index (χ2n) is 4.38. The lowest BCUT2D eigenvalue weighted by atomic mass is 9.97. The summed E-state index contributed by atoms with van der Waals surface area (Å²) in [6, 6.07) is 10.5. The highest BCUT2D eigenvalue weighted by Crippen LogP contribution is 2.36. The smallest absolute Gasteiger partial charge is 0.130 e. The van der Waals surface area contributed by atoms with Crippen LogP contribution in [0.4, 0.5) is 0 Å². The van der Waals surface area contributed by atoms with Gasteiger partial charge in [-0.3, -0.25) is 4.98 Å². The maximum Gasteiger partial charge on any atom is 0.130 e. The zero-order chi connectivity index (χ0) is 11.7. The van der Waals surface area contributed by atoms with Gasteiger partial charge in [-0.2, -0.15) is 0 Å². The molecule has 0 bridgehead atoms. The fraction of sp³-hybridized carbons (Fsp3) is 0.267. The summed E-state index contributed by atoms with van der Waals surface area (Å²) < 4.78 is 5.84. The first-order valence-corrected chi connectivity index (χ1v) is 6.03. The van der Waals surface area contributed by atoms with Crippen molar-refractivity contribution >= 4 is 0 Å². The van der Waals surface area contributed by atoms with E-state index in [4.69, 9.17) is 4.74 Å². The summed E-state index contributed by atoms with van der Waals surface area (Å²) in [4.78, 5) is 4.35. The van der Waals surface area contributed by atoms with Crippen LogP contribution in [0.2, 0.25) is 0 Å². The molecule has 2 heterocycles. The molecule has 0 saturated heterocycles. The summed E-state index contributed by atoms with van der Waals surface area (Å²) in [5.41, 5.74) is 4.71. The molecule has 1 aliphatic heterocycles. The van der Waals surface area contributed by atoms with Gasteiger partial charge in [0.25, 0.3) is 0 Å². The topological polar surface area (TPSA) is 22.1 Å². The molecule has 0 amide bonds. The molecular formula is C15H15NO. The van der Waals surface area contributed by atoms with Crippen molar-refractivity contribution in [3.05, 3.63) is 47.8 Å². The molecule has 3 rings (SSSR count). The Hall–Kier alpha value is -1.83. The van der Waals surface area contributed by atoms with Gasteiger partial charge in [-0.05, 0) is 31.4 Å². The van der Waals surface area contributed by atoms with E-state index in [0.717, 1.165) is 30.9 Å². The number of ether oxygens (including phenoxy) is 1. The zero-order valence-electron chi connectivity index (χ0n) is 9.94. The fourth-order valence-electron chi connectivity index (χ4n) is 2.37. The Morgan fingerprint density at radius 2 is 2.00 bits per heavy atom. The van der Waals surface area contributed by atoms with E-state index in [0.29, 0.717) is 0 Å². The molecule has 17 heavy (non-hydrogen) atoms. The summed E-state index contributed by atoms with van der Waals surface area (Å²) >= 11 is 0. The van der Waals surface area contributed by atoms with Crippen molar-refractivity contribution in [1.82, 2.24) is 4.98 Å². The maximum absolute atomic E-state index is 5.84. The molecule has 0 N–H and O–H groups in total. The zero-order valence-corrected chi connectivity index (χ0v) is 9.94. The van der Waals surface area contributed by atoms with E-state index >= 15 is 0 Å². The third-order valence-corrected chi connectivity index (χ3v) is 3.23. The second-order valence-corrected chi connectivity index (χ2v) is 4.38. The molecule has 0 aliphatic carbocycles. The van der Waals surface area contributed by atoms with Crippen LogP contribution in [0.3, 0.4) is 0 Å². The van der Waals surface area contributed by atoms with Crippen LogP contribution in [0.5, 0.6) is 5.75 Å². The number of rotatable bonds is 1. The van der Waals surface area contributed by atoms with E-state index in [-0.39, 0.29) is 0 Å². The minimum Gasteiger partial charge on any atom is -0.493 e. The Morgan fingerprint density at radius 3 is 2.88 bits per heavy atom. The normalized spacial score (nSPS) is 13.9. The van der Waals surface area contributed by atoms with Gasteiger partial charge < -0.3 is 4.74 Å². The summed E-state index contributed by atoms with van der Waals surface area (Å²) in [7, 11) is 0. The largest absolute Gasteiger partial charge is 0.493 e. The molecule has 0 atom stereocenters. The molecule has 2 aromatic rings. The third-order valence-electron chi connectivity index (χ3n) is 3.23. The molecule has 86 valence electrons. The summed E-state index contributed by atoms with van der Waals surface area (Å²) in [6.45, 7) is 2.86. The monoisotopic (exact) mass is 225 g/mol. The molecule has 0 radical (unpaired) electrons. The van der Waals surface area contributed by atoms with Gasteiger partial charge in [0.15, 0.2) is 0 Å². The van der Waals surface area contributed by atoms with Gasteiger partial charge in [-0.25, -0.2) is 0 Å². The number of hydrogen-bond acceptors (Lipinski definition) is 2. The van der Waals surface area contributed by atoms with Gasteiger partial charge in [-0.1, -0.05) is 24.3 Å². The van der Waals surface area contributed by atoms with Crippen LogP contribution in [-0.4, -0.2) is 11.6 Å². The van der Waals surface area contributed by atoms with Crippen molar-refractivity contribution in [2.24, 2.45) is 0 Å². The number of aryl methyl sites for hydroxylation is 2. The number of pyridine rings is 1. The lowest BCUT2D eigenvalue weighted by Crippen LogP contribution is -2.09. The highest BCUT2D eigenvalue weighted by Gasteiger charge is 2.16. The van der Waals surface area contributed by atoms with Crippen LogP contribution in [-0.2, 0) is 6.42 Å². The molecule has 0 fully saturated rings. The van der Waals surface area contributed by atoms with Gasteiger partial charge in [-0.15, -0.1) is 0 Å². The molecular weight excluding hydrogens is 210 g/mol. The van der Waals surface area contributed by atoms with E-state index in [9.17, 15) is 0 Å². The fourth-order valence-corrected chi connectivity index (χ4v) is 2.37. The highest BCUT2D eigenvalue weighted by atomic mass is 16.5. The van der Waals surface area contributed by atoms with Gasteiger partial charge in [0.05, 0.1) is 6.61 Å². The van der Waals surface area contributed by atoms with Crippen molar-refractivity contribution in [2.45, 2.75) is 19.8 Å². The molecule has 1 aromatic heterocycles. The number of fused-ring (bicyclic) bond motifs is 1. The van der Waals surface area contributed by atoms with E-state index < -0.39 is 0 Å². The van der Waals surface area contributed by atoms with Crippen molar-refractivity contribution in [3.8, 4) is 16.9 Å². The predicted octanol–water partition coefficient (Wildman–Crippen LogP) is 3.38. The minimum absolute atomic E-state index is 0.823. The van der Waals surface area contributed by atoms with Gasteiger partial charge in [0, 0.05) is 23.0 Å². The molecule has 2 nitrogen and oxygen atoms in total. The van der Waals surface area contributed by atoms with Gasteiger partial charge in [0.1, 0.15) is 5.75 Å². The summed E-state index contributed by atoms with van der Waals surface area (Å²) in [5, 5.41) is 0. The number of benzene rings is 1. The molecule has 1 aliphatic rings. The van der Waals surface area contributed by atoms with E-state index in [2.05, 4.69) is 29.2 Å². The number of para-hydroxylation sites is 1. The number of aromatic nitrogens is 1. The molecule has 0 unspecified atom stereocenters. The lowest BCUT2D eigenvalue weighted by Gasteiger charge is -2.20. The Labute approximate surface area is 101 Å².